The third-order valence-corrected chi connectivity index (χ3v) is 7.12. The highest BCUT2D eigenvalue weighted by molar-refractivity contribution is 6.11. The van der Waals surface area contributed by atoms with E-state index in [-0.39, 0.29) is 36.6 Å². The van der Waals surface area contributed by atoms with E-state index in [0.717, 1.165) is 42.6 Å². The Bertz CT molecular complexity index is 1020. The summed E-state index contributed by atoms with van der Waals surface area (Å²) in [7, 11) is 2.05. The van der Waals surface area contributed by atoms with E-state index in [1.165, 1.54) is 4.90 Å². The molecular weight excluding hydrogens is 402 g/mol. The van der Waals surface area contributed by atoms with Gasteiger partial charge in [0, 0.05) is 45.1 Å². The van der Waals surface area contributed by atoms with E-state index in [0.29, 0.717) is 13.1 Å². The predicted octanol–water partition coefficient (Wildman–Crippen LogP) is 2.68. The third-order valence-electron chi connectivity index (χ3n) is 7.12. The van der Waals surface area contributed by atoms with Crippen LogP contribution in [0.2, 0.25) is 0 Å². The maximum atomic E-state index is 13.7. The molecule has 2 aromatic carbocycles. The fraction of sp³-hybridized carbons (Fsp3) is 0.423. The Morgan fingerprint density at radius 3 is 2.16 bits per heavy atom. The average molecular weight is 432 g/mol. The molecule has 5 rings (SSSR count). The van der Waals surface area contributed by atoms with Crippen LogP contribution < -0.4 is 0 Å². The molecule has 1 atom stereocenters. The van der Waals surface area contributed by atoms with Crippen LogP contribution in [0.3, 0.4) is 0 Å². The summed E-state index contributed by atoms with van der Waals surface area (Å²) in [5.74, 6) is -0.375. The molecular formula is C26H29N3O3. The standard InChI is InChI=1S/C26H29N3O3/c1-27-13-15-28(16-14-27)23(30)17-26(18-24(31)29(25(26)32)22-11-12-22)21-9-7-20(8-10-21)19-5-3-2-4-6-19/h2-10,22H,11-18H2,1H3/t26-/m1/s1. The predicted molar refractivity (Wildman–Crippen MR) is 122 cm³/mol. The number of carbonyl (C=O) groups is 3. The second-order valence-corrected chi connectivity index (χ2v) is 9.36. The van der Waals surface area contributed by atoms with Crippen molar-refractivity contribution < 1.29 is 14.4 Å². The Morgan fingerprint density at radius 2 is 1.53 bits per heavy atom. The third kappa shape index (κ3) is 3.73. The summed E-state index contributed by atoms with van der Waals surface area (Å²) in [6.07, 6.45) is 1.86. The average Bonchev–Trinajstić information content (AvgIpc) is 3.61. The van der Waals surface area contributed by atoms with Gasteiger partial charge in [0.15, 0.2) is 0 Å². The van der Waals surface area contributed by atoms with Crippen molar-refractivity contribution in [2.45, 2.75) is 37.1 Å². The number of imide groups is 1. The van der Waals surface area contributed by atoms with E-state index in [4.69, 9.17) is 0 Å². The Labute approximate surface area is 188 Å². The second kappa shape index (κ2) is 8.17. The van der Waals surface area contributed by atoms with Gasteiger partial charge in [0.25, 0.3) is 0 Å². The van der Waals surface area contributed by atoms with Gasteiger partial charge in [0.05, 0.1) is 5.41 Å². The highest BCUT2D eigenvalue weighted by Crippen LogP contribution is 2.44. The van der Waals surface area contributed by atoms with Crippen LogP contribution in [0.5, 0.6) is 0 Å². The number of rotatable bonds is 5. The van der Waals surface area contributed by atoms with E-state index >= 15 is 0 Å². The van der Waals surface area contributed by atoms with Crippen molar-refractivity contribution in [2.75, 3.05) is 33.2 Å². The van der Waals surface area contributed by atoms with Gasteiger partial charge in [-0.1, -0.05) is 54.6 Å². The summed E-state index contributed by atoms with van der Waals surface area (Å²) in [5.41, 5.74) is 1.80. The van der Waals surface area contributed by atoms with E-state index in [1.807, 2.05) is 66.5 Å². The smallest absolute Gasteiger partial charge is 0.241 e. The molecule has 3 fully saturated rings. The topological polar surface area (TPSA) is 60.9 Å². The minimum atomic E-state index is -1.10. The summed E-state index contributed by atoms with van der Waals surface area (Å²) in [5, 5.41) is 0. The van der Waals surface area contributed by atoms with Gasteiger partial charge < -0.3 is 9.80 Å². The van der Waals surface area contributed by atoms with E-state index in [9.17, 15) is 14.4 Å². The molecule has 1 aliphatic carbocycles. The number of carbonyl (C=O) groups excluding carboxylic acids is 3. The number of likely N-dealkylation sites (N-methyl/N-ethyl adjacent to an activating group) is 1. The van der Waals surface area contributed by atoms with Gasteiger partial charge in [0.1, 0.15) is 0 Å². The number of hydrogen-bond acceptors (Lipinski definition) is 4. The maximum Gasteiger partial charge on any atom is 0.241 e. The minimum Gasteiger partial charge on any atom is -0.340 e. The normalized spacial score (nSPS) is 24.3. The molecule has 0 radical (unpaired) electrons. The van der Waals surface area contributed by atoms with E-state index < -0.39 is 5.41 Å². The second-order valence-electron chi connectivity index (χ2n) is 9.36. The molecule has 6 nitrogen and oxygen atoms in total. The fourth-order valence-corrected chi connectivity index (χ4v) is 4.97. The van der Waals surface area contributed by atoms with Crippen molar-refractivity contribution in [3.8, 4) is 11.1 Å². The maximum absolute atomic E-state index is 13.7. The van der Waals surface area contributed by atoms with Crippen molar-refractivity contribution in [3.05, 3.63) is 60.2 Å². The van der Waals surface area contributed by atoms with Crippen molar-refractivity contribution in [2.24, 2.45) is 0 Å². The quantitative estimate of drug-likeness (QED) is 0.683. The number of hydrogen-bond donors (Lipinski definition) is 0. The van der Waals surface area contributed by atoms with Gasteiger partial charge >= 0.3 is 0 Å². The molecule has 0 bridgehead atoms. The molecule has 166 valence electrons. The number of benzene rings is 2. The van der Waals surface area contributed by atoms with Gasteiger partial charge in [-0.3, -0.25) is 19.3 Å². The lowest BCUT2D eigenvalue weighted by molar-refractivity contribution is -0.143. The monoisotopic (exact) mass is 431 g/mol. The van der Waals surface area contributed by atoms with E-state index in [2.05, 4.69) is 4.90 Å². The molecule has 3 amide bonds. The zero-order valence-corrected chi connectivity index (χ0v) is 18.5. The molecule has 32 heavy (non-hydrogen) atoms. The molecule has 3 aliphatic rings. The molecule has 2 heterocycles. The summed E-state index contributed by atoms with van der Waals surface area (Å²) < 4.78 is 0. The lowest BCUT2D eigenvalue weighted by Crippen LogP contribution is -2.50. The van der Waals surface area contributed by atoms with Gasteiger partial charge in [-0.25, -0.2) is 0 Å². The van der Waals surface area contributed by atoms with Crippen molar-refractivity contribution in [1.29, 1.82) is 0 Å². The summed E-state index contributed by atoms with van der Waals surface area (Å²) in [4.78, 5) is 45.4. The van der Waals surface area contributed by atoms with Crippen LogP contribution in [0.1, 0.15) is 31.2 Å². The first-order valence-electron chi connectivity index (χ1n) is 11.5. The summed E-state index contributed by atoms with van der Waals surface area (Å²) in [6, 6.07) is 17.9. The molecule has 2 aromatic rings. The first kappa shape index (κ1) is 20.9. The Kier molecular flexibility index (Phi) is 5.33. The van der Waals surface area contributed by atoms with Crippen LogP contribution in [0.15, 0.2) is 54.6 Å². The van der Waals surface area contributed by atoms with Gasteiger partial charge in [-0.15, -0.1) is 0 Å². The van der Waals surface area contributed by atoms with Crippen molar-refractivity contribution >= 4 is 17.7 Å². The van der Waals surface area contributed by atoms with Crippen LogP contribution in [0.25, 0.3) is 11.1 Å². The first-order chi connectivity index (χ1) is 15.5. The van der Waals surface area contributed by atoms with Crippen LogP contribution in [-0.4, -0.2) is 71.7 Å². The van der Waals surface area contributed by atoms with Gasteiger partial charge in [-0.2, -0.15) is 0 Å². The highest BCUT2D eigenvalue weighted by Gasteiger charge is 2.57. The zero-order chi connectivity index (χ0) is 22.3. The molecule has 1 saturated carbocycles. The summed E-state index contributed by atoms with van der Waals surface area (Å²) in [6.45, 7) is 2.97. The lowest BCUT2D eigenvalue weighted by atomic mass is 9.75. The zero-order valence-electron chi connectivity index (χ0n) is 18.5. The van der Waals surface area contributed by atoms with Crippen LogP contribution in [-0.2, 0) is 19.8 Å². The molecule has 6 heteroatoms. The largest absolute Gasteiger partial charge is 0.340 e. The molecule has 0 aromatic heterocycles. The fourth-order valence-electron chi connectivity index (χ4n) is 4.97. The Morgan fingerprint density at radius 1 is 0.906 bits per heavy atom. The number of amides is 3. The van der Waals surface area contributed by atoms with Crippen LogP contribution in [0, 0.1) is 0 Å². The Hall–Kier alpha value is -2.99. The molecule has 2 saturated heterocycles. The van der Waals surface area contributed by atoms with Gasteiger partial charge in [0.2, 0.25) is 17.7 Å². The van der Waals surface area contributed by atoms with Crippen LogP contribution in [0.4, 0.5) is 0 Å². The SMILES string of the molecule is CN1CCN(C(=O)C[C@]2(c3ccc(-c4ccccc4)cc3)CC(=O)N(C3CC3)C2=O)CC1. The lowest BCUT2D eigenvalue weighted by Gasteiger charge is -2.35. The van der Waals surface area contributed by atoms with Gasteiger partial charge in [-0.05, 0) is 36.6 Å². The van der Waals surface area contributed by atoms with Crippen LogP contribution >= 0.6 is 0 Å². The number of piperazine rings is 1. The Balaban J connectivity index is 1.47. The molecule has 0 unspecified atom stereocenters. The minimum absolute atomic E-state index is 0.0132. The van der Waals surface area contributed by atoms with E-state index in [1.54, 1.807) is 0 Å². The van der Waals surface area contributed by atoms with Crippen molar-refractivity contribution in [3.63, 3.8) is 0 Å². The highest BCUT2D eigenvalue weighted by atomic mass is 16.2. The molecule has 0 N–H and O–H groups in total. The molecule has 0 spiro atoms. The first-order valence-corrected chi connectivity index (χ1v) is 11.5. The molecule has 2 aliphatic heterocycles. The number of nitrogens with zero attached hydrogens (tertiary/aromatic N) is 3. The number of likely N-dealkylation sites (tertiary alicyclic amines) is 1. The van der Waals surface area contributed by atoms with Crippen molar-refractivity contribution in [1.82, 2.24) is 14.7 Å². The summed E-state index contributed by atoms with van der Waals surface area (Å²) >= 11 is 0.